The molecule has 0 aliphatic carbocycles. The first-order chi connectivity index (χ1) is 4.77. The van der Waals surface area contributed by atoms with Crippen LogP contribution in [-0.2, 0) is 4.79 Å². The van der Waals surface area contributed by atoms with Gasteiger partial charge in [0.15, 0.2) is 7.98 Å². The number of hydrogen-bond acceptors (Lipinski definition) is 2. The number of carbonyl (C=O) groups is 1. The predicted molar refractivity (Wildman–Crippen MR) is 41.4 cm³/mol. The van der Waals surface area contributed by atoms with E-state index in [1.54, 1.807) is 0 Å². The van der Waals surface area contributed by atoms with Crippen molar-refractivity contribution in [1.29, 1.82) is 0 Å². The Hall–Kier alpha value is -0.305. The van der Waals surface area contributed by atoms with Crippen molar-refractivity contribution in [2.75, 3.05) is 0 Å². The number of Topliss-reactive ketones (excluding diaryl/α,β-unsaturated/α-hetero) is 1. The first kappa shape index (κ1) is 6.41. The van der Waals surface area contributed by atoms with Crippen LogP contribution in [0.1, 0.15) is 25.7 Å². The van der Waals surface area contributed by atoms with Crippen molar-refractivity contribution in [3.8, 4) is 0 Å². The zero-order valence-corrected chi connectivity index (χ0v) is 6.34. The fourth-order valence-corrected chi connectivity index (χ4v) is 2.19. The van der Waals surface area contributed by atoms with Crippen molar-refractivity contribution in [3.05, 3.63) is 0 Å². The third kappa shape index (κ3) is 0.805. The Morgan fingerprint density at radius 2 is 1.80 bits per heavy atom. The van der Waals surface area contributed by atoms with Gasteiger partial charge in [0, 0.05) is 24.9 Å². The van der Waals surface area contributed by atoms with Crippen LogP contribution in [-0.4, -0.2) is 30.7 Å². The Morgan fingerprint density at radius 3 is 2.30 bits per heavy atom. The van der Waals surface area contributed by atoms with Crippen molar-refractivity contribution in [2.24, 2.45) is 0 Å². The molecule has 2 rings (SSSR count). The van der Waals surface area contributed by atoms with Gasteiger partial charge in [-0.25, -0.2) is 0 Å². The maximum atomic E-state index is 11.0. The molecule has 0 aromatic rings. The lowest BCUT2D eigenvalue weighted by atomic mass is 9.98. The van der Waals surface area contributed by atoms with E-state index in [4.69, 9.17) is 0 Å². The van der Waals surface area contributed by atoms with Crippen molar-refractivity contribution >= 4 is 13.8 Å². The van der Waals surface area contributed by atoms with E-state index in [2.05, 4.69) is 12.8 Å². The quantitative estimate of drug-likeness (QED) is 0.428. The summed E-state index contributed by atoms with van der Waals surface area (Å²) in [5.74, 6) is 0.477. The molecule has 0 aromatic heterocycles. The standard InChI is InChI=1S/C7H12BNO/c8-9-5-1-2-6(9)4-7(10)3-5/h5-6H,1-4,8H2. The van der Waals surface area contributed by atoms with Gasteiger partial charge in [0.05, 0.1) is 0 Å². The number of ketones is 1. The van der Waals surface area contributed by atoms with Gasteiger partial charge in [0.2, 0.25) is 0 Å². The molecule has 2 bridgehead atoms. The maximum Gasteiger partial charge on any atom is 0.186 e. The average Bonchev–Trinajstić information content (AvgIpc) is 2.20. The smallest absolute Gasteiger partial charge is 0.186 e. The van der Waals surface area contributed by atoms with Crippen LogP contribution < -0.4 is 0 Å². The van der Waals surface area contributed by atoms with Crippen LogP contribution in [0.4, 0.5) is 0 Å². The maximum absolute atomic E-state index is 11.0. The molecule has 0 radical (unpaired) electrons. The summed E-state index contributed by atoms with van der Waals surface area (Å²) in [6, 6.07) is 1.18. The number of hydrogen-bond donors (Lipinski definition) is 0. The van der Waals surface area contributed by atoms with E-state index in [-0.39, 0.29) is 0 Å². The molecule has 0 aromatic carbocycles. The number of fused-ring (bicyclic) bond motifs is 2. The number of rotatable bonds is 0. The normalized spacial score (nSPS) is 40.6. The summed E-state index contributed by atoms with van der Waals surface area (Å²) in [7, 11) is 2.15. The lowest BCUT2D eigenvalue weighted by Gasteiger charge is -2.30. The minimum Gasteiger partial charge on any atom is -0.343 e. The van der Waals surface area contributed by atoms with E-state index in [0.29, 0.717) is 17.9 Å². The summed E-state index contributed by atoms with van der Waals surface area (Å²) in [5, 5.41) is 0. The van der Waals surface area contributed by atoms with Crippen molar-refractivity contribution in [1.82, 2.24) is 4.81 Å². The molecule has 2 heterocycles. The van der Waals surface area contributed by atoms with Gasteiger partial charge in [0.1, 0.15) is 5.78 Å². The Labute approximate surface area is 62.0 Å². The van der Waals surface area contributed by atoms with Crippen LogP contribution in [0.5, 0.6) is 0 Å². The van der Waals surface area contributed by atoms with Crippen molar-refractivity contribution < 1.29 is 4.79 Å². The first-order valence-electron chi connectivity index (χ1n) is 4.01. The second-order valence-electron chi connectivity index (χ2n) is 3.50. The molecule has 2 nitrogen and oxygen atoms in total. The van der Waals surface area contributed by atoms with E-state index in [0.717, 1.165) is 12.8 Å². The van der Waals surface area contributed by atoms with E-state index >= 15 is 0 Å². The predicted octanol–water partition coefficient (Wildman–Crippen LogP) is -0.270. The van der Waals surface area contributed by atoms with Gasteiger partial charge in [-0.05, 0) is 12.8 Å². The van der Waals surface area contributed by atoms with Crippen LogP contribution in [0.25, 0.3) is 0 Å². The molecule has 2 atom stereocenters. The minimum atomic E-state index is 0.477. The van der Waals surface area contributed by atoms with E-state index in [1.807, 2.05) is 0 Å². The molecule has 2 aliphatic rings. The third-order valence-corrected chi connectivity index (χ3v) is 2.91. The molecular weight excluding hydrogens is 125 g/mol. The van der Waals surface area contributed by atoms with E-state index in [1.165, 1.54) is 12.8 Å². The zero-order chi connectivity index (χ0) is 7.14. The molecule has 2 saturated heterocycles. The summed E-state index contributed by atoms with van der Waals surface area (Å²) in [6.45, 7) is 0. The molecule has 2 fully saturated rings. The Kier molecular flexibility index (Phi) is 1.34. The molecule has 54 valence electrons. The van der Waals surface area contributed by atoms with Crippen molar-refractivity contribution in [3.63, 3.8) is 0 Å². The van der Waals surface area contributed by atoms with E-state index in [9.17, 15) is 4.79 Å². The highest BCUT2D eigenvalue weighted by molar-refractivity contribution is 6.06. The van der Waals surface area contributed by atoms with Crippen LogP contribution in [0.3, 0.4) is 0 Å². The molecule has 0 spiro atoms. The molecule has 10 heavy (non-hydrogen) atoms. The summed E-state index contributed by atoms with van der Waals surface area (Å²) in [4.78, 5) is 13.4. The van der Waals surface area contributed by atoms with Crippen LogP contribution >= 0.6 is 0 Å². The average molecular weight is 137 g/mol. The molecule has 3 heteroatoms. The van der Waals surface area contributed by atoms with Gasteiger partial charge >= 0.3 is 0 Å². The number of nitrogens with zero attached hydrogens (tertiary/aromatic N) is 1. The molecule has 0 N–H and O–H groups in total. The monoisotopic (exact) mass is 137 g/mol. The molecular formula is C7H12BNO. The fraction of sp³-hybridized carbons (Fsp3) is 0.857. The fourth-order valence-electron chi connectivity index (χ4n) is 2.19. The SMILES string of the molecule is BN1C2CCC1CC(=O)C2. The van der Waals surface area contributed by atoms with Gasteiger partial charge in [0.25, 0.3) is 0 Å². The highest BCUT2D eigenvalue weighted by Crippen LogP contribution is 2.31. The van der Waals surface area contributed by atoms with Gasteiger partial charge in [-0.2, -0.15) is 0 Å². The number of carbonyl (C=O) groups excluding carboxylic acids is 1. The van der Waals surface area contributed by atoms with Gasteiger partial charge < -0.3 is 4.81 Å². The highest BCUT2D eigenvalue weighted by atomic mass is 16.1. The molecule has 0 amide bonds. The van der Waals surface area contributed by atoms with Gasteiger partial charge in [-0.3, -0.25) is 4.79 Å². The summed E-state index contributed by atoms with van der Waals surface area (Å²) in [6.07, 6.45) is 4.11. The summed E-state index contributed by atoms with van der Waals surface area (Å²) < 4.78 is 0. The second-order valence-corrected chi connectivity index (χ2v) is 3.50. The summed E-state index contributed by atoms with van der Waals surface area (Å²) >= 11 is 0. The topological polar surface area (TPSA) is 20.3 Å². The Bertz CT molecular complexity index is 155. The lowest BCUT2D eigenvalue weighted by Crippen LogP contribution is -2.41. The van der Waals surface area contributed by atoms with Gasteiger partial charge in [-0.15, -0.1) is 0 Å². The zero-order valence-electron chi connectivity index (χ0n) is 6.34. The Morgan fingerprint density at radius 1 is 1.30 bits per heavy atom. The van der Waals surface area contributed by atoms with E-state index < -0.39 is 0 Å². The minimum absolute atomic E-state index is 0.477. The van der Waals surface area contributed by atoms with Crippen molar-refractivity contribution in [2.45, 2.75) is 37.8 Å². The first-order valence-corrected chi connectivity index (χ1v) is 4.01. The number of piperidine rings is 1. The largest absolute Gasteiger partial charge is 0.343 e. The lowest BCUT2D eigenvalue weighted by molar-refractivity contribution is -0.122. The van der Waals surface area contributed by atoms with Crippen LogP contribution in [0, 0.1) is 0 Å². The molecule has 2 unspecified atom stereocenters. The Balaban J connectivity index is 2.16. The molecule has 2 aliphatic heterocycles. The highest BCUT2D eigenvalue weighted by Gasteiger charge is 2.36. The van der Waals surface area contributed by atoms with Crippen LogP contribution in [0.15, 0.2) is 0 Å². The van der Waals surface area contributed by atoms with Gasteiger partial charge in [-0.1, -0.05) is 0 Å². The second kappa shape index (κ2) is 2.09. The molecule has 0 saturated carbocycles. The summed E-state index contributed by atoms with van der Waals surface area (Å²) in [5.41, 5.74) is 0. The van der Waals surface area contributed by atoms with Crippen LogP contribution in [0.2, 0.25) is 0 Å². The third-order valence-electron chi connectivity index (χ3n) is 2.91.